The highest BCUT2D eigenvalue weighted by Crippen LogP contribution is 2.16. The van der Waals surface area contributed by atoms with Crippen molar-refractivity contribution in [3.63, 3.8) is 0 Å². The summed E-state index contributed by atoms with van der Waals surface area (Å²) in [6.45, 7) is 4.30. The molecule has 0 saturated carbocycles. The molecule has 110 valence electrons. The topological polar surface area (TPSA) is 50.8 Å². The van der Waals surface area contributed by atoms with Crippen LogP contribution in [0.25, 0.3) is 0 Å². The quantitative estimate of drug-likeness (QED) is 0.844. The summed E-state index contributed by atoms with van der Waals surface area (Å²) in [7, 11) is 3.42. The number of hydrogen-bond donors (Lipinski definition) is 1. The van der Waals surface area contributed by atoms with E-state index in [4.69, 9.17) is 9.47 Å². The number of carbonyl (C=O) groups is 1. The molecule has 1 N–H and O–H groups in total. The Kier molecular flexibility index (Phi) is 4.62. The molecule has 0 bridgehead atoms. The summed E-state index contributed by atoms with van der Waals surface area (Å²) in [5.74, 6) is 0.786. The first-order valence-corrected chi connectivity index (χ1v) is 6.74. The lowest BCUT2D eigenvalue weighted by molar-refractivity contribution is -0.145. The third-order valence-corrected chi connectivity index (χ3v) is 3.52. The molecule has 5 heteroatoms. The molecule has 1 heterocycles. The van der Waals surface area contributed by atoms with E-state index in [2.05, 4.69) is 5.32 Å². The van der Waals surface area contributed by atoms with Crippen LogP contribution in [0.5, 0.6) is 5.75 Å². The van der Waals surface area contributed by atoms with Crippen molar-refractivity contribution < 1.29 is 14.3 Å². The molecule has 1 fully saturated rings. The molecule has 1 amide bonds. The molecule has 0 aromatic heterocycles. The van der Waals surface area contributed by atoms with Gasteiger partial charge in [-0.2, -0.15) is 0 Å². The van der Waals surface area contributed by atoms with Crippen molar-refractivity contribution in [1.82, 2.24) is 10.2 Å². The van der Waals surface area contributed by atoms with E-state index in [9.17, 15) is 4.79 Å². The molecule has 0 aliphatic carbocycles. The molecular weight excluding hydrogens is 256 g/mol. The van der Waals surface area contributed by atoms with Gasteiger partial charge in [0.1, 0.15) is 12.4 Å². The highest BCUT2D eigenvalue weighted by Gasteiger charge is 2.33. The van der Waals surface area contributed by atoms with E-state index < -0.39 is 0 Å². The summed E-state index contributed by atoms with van der Waals surface area (Å²) in [6.07, 6.45) is 0. The summed E-state index contributed by atoms with van der Waals surface area (Å²) in [5.41, 5.74) is 0.851. The van der Waals surface area contributed by atoms with E-state index in [0.717, 1.165) is 24.4 Å². The van der Waals surface area contributed by atoms with E-state index in [1.807, 2.05) is 31.2 Å². The third kappa shape index (κ3) is 3.71. The number of methoxy groups -OCH3 is 1. The minimum Gasteiger partial charge on any atom is -0.497 e. The van der Waals surface area contributed by atoms with Gasteiger partial charge in [-0.15, -0.1) is 0 Å². The predicted molar refractivity (Wildman–Crippen MR) is 76.7 cm³/mol. The normalized spacial score (nSPS) is 16.4. The molecule has 0 atom stereocenters. The second kappa shape index (κ2) is 6.24. The van der Waals surface area contributed by atoms with Crippen molar-refractivity contribution in [2.75, 3.05) is 33.9 Å². The molecule has 20 heavy (non-hydrogen) atoms. The minimum atomic E-state index is -0.188. The Morgan fingerprint density at radius 2 is 2.20 bits per heavy atom. The Morgan fingerprint density at radius 1 is 1.45 bits per heavy atom. The second-order valence-corrected chi connectivity index (χ2v) is 5.44. The molecule has 0 unspecified atom stereocenters. The monoisotopic (exact) mass is 278 g/mol. The van der Waals surface area contributed by atoms with Crippen molar-refractivity contribution in [3.8, 4) is 5.75 Å². The van der Waals surface area contributed by atoms with Crippen molar-refractivity contribution >= 4 is 5.91 Å². The van der Waals surface area contributed by atoms with Crippen molar-refractivity contribution in [2.24, 2.45) is 0 Å². The number of nitrogens with one attached hydrogen (secondary N) is 1. The van der Waals surface area contributed by atoms with E-state index in [-0.39, 0.29) is 18.1 Å². The van der Waals surface area contributed by atoms with E-state index in [1.54, 1.807) is 19.1 Å². The van der Waals surface area contributed by atoms with Gasteiger partial charge in [0.2, 0.25) is 5.91 Å². The fourth-order valence-corrected chi connectivity index (χ4v) is 2.06. The van der Waals surface area contributed by atoms with Crippen molar-refractivity contribution in [2.45, 2.75) is 19.1 Å². The van der Waals surface area contributed by atoms with Crippen molar-refractivity contribution in [1.29, 1.82) is 0 Å². The standard InChI is InChI=1S/C15H22N2O3/c1-15(10-16-11-15)20-9-14(18)17(2)8-12-5-4-6-13(7-12)19-3/h4-7,16H,8-11H2,1-3H3. The first-order valence-electron chi connectivity index (χ1n) is 6.74. The van der Waals surface area contributed by atoms with E-state index in [0.29, 0.717) is 6.54 Å². The molecular formula is C15H22N2O3. The van der Waals surface area contributed by atoms with Gasteiger partial charge in [0.15, 0.2) is 0 Å². The number of carbonyl (C=O) groups excluding carboxylic acids is 1. The van der Waals surface area contributed by atoms with Gasteiger partial charge < -0.3 is 19.7 Å². The lowest BCUT2D eigenvalue weighted by Gasteiger charge is -2.39. The van der Waals surface area contributed by atoms with Crippen molar-refractivity contribution in [3.05, 3.63) is 29.8 Å². The van der Waals surface area contributed by atoms with Gasteiger partial charge in [-0.25, -0.2) is 0 Å². The molecule has 0 radical (unpaired) electrons. The summed E-state index contributed by atoms with van der Waals surface area (Å²) in [6, 6.07) is 7.72. The van der Waals surface area contributed by atoms with Crippen LogP contribution in [0.3, 0.4) is 0 Å². The zero-order chi connectivity index (χ0) is 14.6. The first-order chi connectivity index (χ1) is 9.52. The van der Waals surface area contributed by atoms with E-state index in [1.165, 1.54) is 0 Å². The molecule has 0 spiro atoms. The summed E-state index contributed by atoms with van der Waals surface area (Å²) in [5, 5.41) is 3.14. The highest BCUT2D eigenvalue weighted by molar-refractivity contribution is 5.77. The third-order valence-electron chi connectivity index (χ3n) is 3.52. The van der Waals surface area contributed by atoms with Crippen LogP contribution in [-0.2, 0) is 16.1 Å². The summed E-state index contributed by atoms with van der Waals surface area (Å²) < 4.78 is 10.8. The average Bonchev–Trinajstić information content (AvgIpc) is 2.42. The minimum absolute atomic E-state index is 0.0130. The number of likely N-dealkylation sites (N-methyl/N-ethyl adjacent to an activating group) is 1. The number of hydrogen-bond acceptors (Lipinski definition) is 4. The van der Waals surface area contributed by atoms with Crippen LogP contribution in [0, 0.1) is 0 Å². The molecule has 5 nitrogen and oxygen atoms in total. The maximum atomic E-state index is 12.0. The number of rotatable bonds is 6. The smallest absolute Gasteiger partial charge is 0.248 e. The van der Waals surface area contributed by atoms with Gasteiger partial charge in [0.25, 0.3) is 0 Å². The average molecular weight is 278 g/mol. The maximum absolute atomic E-state index is 12.0. The molecule has 1 aliphatic heterocycles. The Morgan fingerprint density at radius 3 is 2.80 bits per heavy atom. The maximum Gasteiger partial charge on any atom is 0.248 e. The Bertz CT molecular complexity index is 472. The molecule has 1 aliphatic rings. The van der Waals surface area contributed by atoms with Gasteiger partial charge in [-0.1, -0.05) is 12.1 Å². The SMILES string of the molecule is COc1cccc(CN(C)C(=O)COC2(C)CNC2)c1. The van der Waals surface area contributed by atoms with Gasteiger partial charge in [-0.3, -0.25) is 4.79 Å². The number of benzene rings is 1. The van der Waals surface area contributed by atoms with Crippen LogP contribution in [-0.4, -0.2) is 50.3 Å². The predicted octanol–water partition coefficient (Wildman–Crippen LogP) is 1.03. The van der Waals surface area contributed by atoms with E-state index >= 15 is 0 Å². The lowest BCUT2D eigenvalue weighted by Crippen LogP contribution is -2.59. The Balaban J connectivity index is 1.83. The fourth-order valence-electron chi connectivity index (χ4n) is 2.06. The summed E-state index contributed by atoms with van der Waals surface area (Å²) in [4.78, 5) is 13.7. The molecule has 1 saturated heterocycles. The Hall–Kier alpha value is -1.59. The number of ether oxygens (including phenoxy) is 2. The van der Waals surface area contributed by atoms with Crippen LogP contribution in [0.15, 0.2) is 24.3 Å². The van der Waals surface area contributed by atoms with Crippen LogP contribution < -0.4 is 10.1 Å². The largest absolute Gasteiger partial charge is 0.497 e. The van der Waals surface area contributed by atoms with Gasteiger partial charge in [-0.05, 0) is 24.6 Å². The van der Waals surface area contributed by atoms with Crippen LogP contribution >= 0.6 is 0 Å². The van der Waals surface area contributed by atoms with Crippen LogP contribution in [0.4, 0.5) is 0 Å². The first kappa shape index (κ1) is 14.8. The van der Waals surface area contributed by atoms with Gasteiger partial charge >= 0.3 is 0 Å². The van der Waals surface area contributed by atoms with Gasteiger partial charge in [0, 0.05) is 26.7 Å². The second-order valence-electron chi connectivity index (χ2n) is 5.44. The lowest BCUT2D eigenvalue weighted by atomic mass is 10.0. The zero-order valence-corrected chi connectivity index (χ0v) is 12.3. The van der Waals surface area contributed by atoms with Crippen LogP contribution in [0.1, 0.15) is 12.5 Å². The molecule has 2 rings (SSSR count). The van der Waals surface area contributed by atoms with Crippen LogP contribution in [0.2, 0.25) is 0 Å². The summed E-state index contributed by atoms with van der Waals surface area (Å²) >= 11 is 0. The fraction of sp³-hybridized carbons (Fsp3) is 0.533. The number of amides is 1. The highest BCUT2D eigenvalue weighted by atomic mass is 16.5. The molecule has 1 aromatic carbocycles. The van der Waals surface area contributed by atoms with Gasteiger partial charge in [0.05, 0.1) is 12.7 Å². The number of nitrogens with zero attached hydrogens (tertiary/aromatic N) is 1. The molecule has 1 aromatic rings. The zero-order valence-electron chi connectivity index (χ0n) is 12.3. The Labute approximate surface area is 119 Å².